The molecule has 10 nitrogen and oxygen atoms in total. The molecule has 7 rings (SSSR count). The Morgan fingerprint density at radius 3 is 1.84 bits per heavy atom. The van der Waals surface area contributed by atoms with Crippen LogP contribution < -0.4 is 15.5 Å². The predicted octanol–water partition coefficient (Wildman–Crippen LogP) is 5.59. The number of hydrogen-bond acceptors (Lipinski definition) is 10. The number of anilines is 5. The quantitative estimate of drug-likeness (QED) is 0.260. The van der Waals surface area contributed by atoms with Crippen molar-refractivity contribution in [2.24, 2.45) is 0 Å². The first-order valence-corrected chi connectivity index (χ1v) is 14.2. The molecule has 4 aromatic carbocycles. The summed E-state index contributed by atoms with van der Waals surface area (Å²) in [6.45, 7) is 3.69. The zero-order valence-electron chi connectivity index (χ0n) is 24.9. The first-order chi connectivity index (χ1) is 21.6. The Morgan fingerprint density at radius 1 is 0.556 bits per heavy atom. The third kappa shape index (κ3) is 4.46. The summed E-state index contributed by atoms with van der Waals surface area (Å²) in [6.07, 6.45) is 0. The molecule has 5 aromatic rings. The number of nitrogens with zero attached hydrogens (tertiary/aromatic N) is 4. The number of benzene rings is 4. The SMILES string of the molecule is Cc1ccc2c(c1)C(=O)c1c(Nc3nc(Nc4c(C)ccc5c4C(=O)c4ccccc4C5=O)nc(N(C)C)n3)cccc1C2=O. The lowest BCUT2D eigenvalue weighted by Gasteiger charge is -2.23. The molecule has 0 spiro atoms. The molecule has 2 N–H and O–H groups in total. The van der Waals surface area contributed by atoms with Gasteiger partial charge in [-0.3, -0.25) is 19.2 Å². The second-order valence-electron chi connectivity index (χ2n) is 11.2. The molecule has 2 aliphatic rings. The summed E-state index contributed by atoms with van der Waals surface area (Å²) >= 11 is 0. The standard InChI is InChI=1S/C35H26N6O4/c1-17-12-14-21-24(16-17)32(45)26-22(30(21)43)10-7-11-25(26)36-33-38-34(40-35(39-33)41(3)4)37-28-18(2)13-15-23-27(28)31(44)20-9-6-5-8-19(20)29(23)42/h5-16H,1-4H3,(H2,36,37,38,39,40). The summed E-state index contributed by atoms with van der Waals surface area (Å²) < 4.78 is 0. The highest BCUT2D eigenvalue weighted by molar-refractivity contribution is 6.31. The van der Waals surface area contributed by atoms with Gasteiger partial charge in [-0.15, -0.1) is 0 Å². The Balaban J connectivity index is 1.30. The van der Waals surface area contributed by atoms with Crippen LogP contribution in [-0.4, -0.2) is 52.2 Å². The normalized spacial score (nSPS) is 13.1. The number of hydrogen-bond donors (Lipinski definition) is 2. The van der Waals surface area contributed by atoms with Crippen molar-refractivity contribution in [2.45, 2.75) is 13.8 Å². The van der Waals surface area contributed by atoms with Crippen LogP contribution in [0, 0.1) is 13.8 Å². The van der Waals surface area contributed by atoms with Gasteiger partial charge in [-0.2, -0.15) is 15.0 Å². The van der Waals surface area contributed by atoms with Crippen LogP contribution in [0.25, 0.3) is 0 Å². The molecule has 0 saturated heterocycles. The fraction of sp³-hybridized carbons (Fsp3) is 0.114. The number of aromatic nitrogens is 3. The van der Waals surface area contributed by atoms with Crippen LogP contribution in [-0.2, 0) is 0 Å². The van der Waals surface area contributed by atoms with Gasteiger partial charge in [0.2, 0.25) is 17.8 Å². The van der Waals surface area contributed by atoms with Crippen molar-refractivity contribution in [3.63, 3.8) is 0 Å². The van der Waals surface area contributed by atoms with Crippen LogP contribution in [0.1, 0.15) is 74.8 Å². The molecule has 0 unspecified atom stereocenters. The highest BCUT2D eigenvalue weighted by Gasteiger charge is 2.34. The van der Waals surface area contributed by atoms with E-state index in [1.165, 1.54) is 0 Å². The van der Waals surface area contributed by atoms with Crippen molar-refractivity contribution in [1.29, 1.82) is 0 Å². The molecule has 0 aliphatic heterocycles. The van der Waals surface area contributed by atoms with Gasteiger partial charge in [0.05, 0.1) is 22.5 Å². The van der Waals surface area contributed by atoms with Gasteiger partial charge in [0, 0.05) is 47.5 Å². The van der Waals surface area contributed by atoms with E-state index in [1.54, 1.807) is 85.7 Å². The Bertz CT molecular complexity index is 2150. The lowest BCUT2D eigenvalue weighted by molar-refractivity contribution is 0.0979. The second kappa shape index (κ2) is 10.3. The van der Waals surface area contributed by atoms with E-state index in [1.807, 2.05) is 19.9 Å². The predicted molar refractivity (Wildman–Crippen MR) is 170 cm³/mol. The van der Waals surface area contributed by atoms with Gasteiger partial charge in [0.1, 0.15) is 0 Å². The number of aryl methyl sites for hydroxylation is 2. The molecular formula is C35H26N6O4. The molecule has 0 atom stereocenters. The van der Waals surface area contributed by atoms with Crippen LogP contribution in [0.3, 0.4) is 0 Å². The first-order valence-electron chi connectivity index (χ1n) is 14.2. The van der Waals surface area contributed by atoms with E-state index in [9.17, 15) is 19.2 Å². The molecule has 0 radical (unpaired) electrons. The summed E-state index contributed by atoms with van der Waals surface area (Å²) in [4.78, 5) is 69.4. The van der Waals surface area contributed by atoms with Crippen LogP contribution in [0.5, 0.6) is 0 Å². The Labute approximate surface area is 258 Å². The van der Waals surface area contributed by atoms with E-state index in [0.717, 1.165) is 5.56 Å². The van der Waals surface area contributed by atoms with Crippen molar-refractivity contribution in [3.05, 3.63) is 128 Å². The summed E-state index contributed by atoms with van der Waals surface area (Å²) in [5.74, 6) is -0.517. The van der Waals surface area contributed by atoms with Gasteiger partial charge in [-0.05, 0) is 37.6 Å². The molecule has 220 valence electrons. The molecule has 0 amide bonds. The Hall–Kier alpha value is -6.03. The third-order valence-corrected chi connectivity index (χ3v) is 8.01. The molecule has 0 bridgehead atoms. The lowest BCUT2D eigenvalue weighted by atomic mass is 9.82. The highest BCUT2D eigenvalue weighted by atomic mass is 16.1. The van der Waals surface area contributed by atoms with Crippen molar-refractivity contribution < 1.29 is 19.2 Å². The van der Waals surface area contributed by atoms with Crippen LogP contribution in [0.2, 0.25) is 0 Å². The number of ketones is 4. The number of carbonyl (C=O) groups is 4. The molecule has 10 heteroatoms. The molecular weight excluding hydrogens is 568 g/mol. The van der Waals surface area contributed by atoms with Crippen LogP contribution >= 0.6 is 0 Å². The van der Waals surface area contributed by atoms with E-state index in [0.29, 0.717) is 50.7 Å². The smallest absolute Gasteiger partial charge is 0.233 e. The molecule has 1 aromatic heterocycles. The Morgan fingerprint density at radius 2 is 1.13 bits per heavy atom. The van der Waals surface area contributed by atoms with Gasteiger partial charge >= 0.3 is 0 Å². The summed E-state index contributed by atoms with van der Waals surface area (Å²) in [7, 11) is 3.53. The molecule has 0 saturated carbocycles. The zero-order chi connectivity index (χ0) is 31.6. The van der Waals surface area contributed by atoms with Crippen LogP contribution in [0.4, 0.5) is 29.2 Å². The van der Waals surface area contributed by atoms with Crippen LogP contribution in [0.15, 0.2) is 72.8 Å². The van der Waals surface area contributed by atoms with Crippen molar-refractivity contribution in [1.82, 2.24) is 15.0 Å². The average molecular weight is 595 g/mol. The topological polar surface area (TPSA) is 134 Å². The minimum absolute atomic E-state index is 0.107. The third-order valence-electron chi connectivity index (χ3n) is 8.01. The van der Waals surface area contributed by atoms with Gasteiger partial charge in [-0.25, -0.2) is 0 Å². The lowest BCUT2D eigenvalue weighted by Crippen LogP contribution is -2.23. The van der Waals surface area contributed by atoms with Gasteiger partial charge < -0.3 is 15.5 Å². The minimum atomic E-state index is -0.277. The fourth-order valence-electron chi connectivity index (χ4n) is 5.77. The maximum Gasteiger partial charge on any atom is 0.233 e. The van der Waals surface area contributed by atoms with E-state index in [-0.39, 0.29) is 51.7 Å². The fourth-order valence-corrected chi connectivity index (χ4v) is 5.77. The molecule has 0 fully saturated rings. The van der Waals surface area contributed by atoms with E-state index >= 15 is 0 Å². The van der Waals surface area contributed by atoms with E-state index in [2.05, 4.69) is 25.6 Å². The summed E-state index contributed by atoms with van der Waals surface area (Å²) in [5.41, 5.74) is 4.83. The van der Waals surface area contributed by atoms with E-state index < -0.39 is 0 Å². The number of fused-ring (bicyclic) bond motifs is 4. The summed E-state index contributed by atoms with van der Waals surface area (Å²) in [5, 5.41) is 6.31. The van der Waals surface area contributed by atoms with Crippen molar-refractivity contribution in [3.8, 4) is 0 Å². The number of nitrogens with one attached hydrogen (secondary N) is 2. The van der Waals surface area contributed by atoms with Crippen molar-refractivity contribution >= 4 is 52.4 Å². The molecule has 2 aliphatic carbocycles. The second-order valence-corrected chi connectivity index (χ2v) is 11.2. The van der Waals surface area contributed by atoms with Gasteiger partial charge in [-0.1, -0.05) is 60.2 Å². The summed E-state index contributed by atoms with van der Waals surface area (Å²) in [6, 6.07) is 20.4. The van der Waals surface area contributed by atoms with Crippen molar-refractivity contribution in [2.75, 3.05) is 29.6 Å². The van der Waals surface area contributed by atoms with E-state index in [4.69, 9.17) is 0 Å². The maximum absolute atomic E-state index is 13.7. The number of carbonyl (C=O) groups excluding carboxylic acids is 4. The monoisotopic (exact) mass is 594 g/mol. The average Bonchev–Trinajstić information content (AvgIpc) is 3.03. The first kappa shape index (κ1) is 27.8. The number of rotatable bonds is 5. The Kier molecular flexibility index (Phi) is 6.36. The minimum Gasteiger partial charge on any atom is -0.347 e. The zero-order valence-corrected chi connectivity index (χ0v) is 24.9. The highest BCUT2D eigenvalue weighted by Crippen LogP contribution is 2.36. The molecule has 45 heavy (non-hydrogen) atoms. The molecule has 1 heterocycles. The van der Waals surface area contributed by atoms with Gasteiger partial charge in [0.25, 0.3) is 0 Å². The largest absolute Gasteiger partial charge is 0.347 e. The van der Waals surface area contributed by atoms with Gasteiger partial charge in [0.15, 0.2) is 23.1 Å². The maximum atomic E-state index is 13.7.